The molecule has 0 bridgehead atoms. The van der Waals surface area contributed by atoms with Crippen LogP contribution in [0, 0.1) is 24.6 Å². The number of halogens is 1. The Morgan fingerprint density at radius 3 is 2.65 bits per heavy atom. The first-order valence-electron chi connectivity index (χ1n) is 7.30. The highest BCUT2D eigenvalue weighted by Gasteiger charge is 2.09. The topological polar surface area (TPSA) is 43.6 Å². The minimum Gasteiger partial charge on any atom is -0.248 e. The van der Waals surface area contributed by atoms with Crippen LogP contribution in [0.4, 0.5) is 4.39 Å². The first-order chi connectivity index (χ1) is 11.2. The van der Waals surface area contributed by atoms with Gasteiger partial charge in [0.1, 0.15) is 17.2 Å². The highest BCUT2D eigenvalue weighted by Crippen LogP contribution is 2.19. The lowest BCUT2D eigenvalue weighted by atomic mass is 10.1. The largest absolute Gasteiger partial charge is 0.248 e. The summed E-state index contributed by atoms with van der Waals surface area (Å²) in [5.74, 6) is 5.81. The molecule has 0 spiro atoms. The van der Waals surface area contributed by atoms with E-state index in [1.165, 1.54) is 12.1 Å². The molecule has 0 amide bonds. The fraction of sp³-hybridized carbons (Fsp3) is 0.167. The van der Waals surface area contributed by atoms with Gasteiger partial charge in [0.2, 0.25) is 0 Å². The van der Waals surface area contributed by atoms with Gasteiger partial charge in [-0.1, -0.05) is 12.0 Å². The minimum absolute atomic E-state index is 0.261. The van der Waals surface area contributed by atoms with Crippen LogP contribution >= 0.6 is 0 Å². The molecule has 4 nitrogen and oxygen atoms in total. The van der Waals surface area contributed by atoms with E-state index in [-0.39, 0.29) is 5.82 Å². The zero-order chi connectivity index (χ0) is 16.1. The van der Waals surface area contributed by atoms with E-state index in [1.807, 2.05) is 25.1 Å². The molecule has 2 aromatic heterocycles. The van der Waals surface area contributed by atoms with Gasteiger partial charge in [-0.3, -0.25) is 0 Å². The number of benzene rings is 1. The number of nitrogens with zero attached hydrogens (tertiary/aromatic N) is 4. The van der Waals surface area contributed by atoms with E-state index in [0.29, 0.717) is 13.0 Å². The Morgan fingerprint density at radius 1 is 1.09 bits per heavy atom. The van der Waals surface area contributed by atoms with Crippen molar-refractivity contribution in [1.82, 2.24) is 20.0 Å². The average Bonchev–Trinajstić information content (AvgIpc) is 2.94. The van der Waals surface area contributed by atoms with Gasteiger partial charge in [-0.25, -0.2) is 9.37 Å². The molecule has 0 aliphatic carbocycles. The third-order valence-corrected chi connectivity index (χ3v) is 3.26. The first kappa shape index (κ1) is 14.9. The third-order valence-electron chi connectivity index (χ3n) is 3.26. The first-order valence-corrected chi connectivity index (χ1v) is 7.30. The van der Waals surface area contributed by atoms with E-state index in [1.54, 1.807) is 23.1 Å². The van der Waals surface area contributed by atoms with Crippen molar-refractivity contribution in [2.75, 3.05) is 0 Å². The highest BCUT2D eigenvalue weighted by atomic mass is 19.1. The zero-order valence-electron chi connectivity index (χ0n) is 12.7. The number of pyridine rings is 1. The van der Waals surface area contributed by atoms with Crippen LogP contribution in [0.5, 0.6) is 0 Å². The van der Waals surface area contributed by atoms with Gasteiger partial charge in [-0.05, 0) is 49.2 Å². The van der Waals surface area contributed by atoms with Crippen LogP contribution in [-0.4, -0.2) is 20.0 Å². The molecular weight excluding hydrogens is 291 g/mol. The molecule has 2 heterocycles. The minimum atomic E-state index is -0.261. The van der Waals surface area contributed by atoms with Crippen LogP contribution in [-0.2, 0) is 6.54 Å². The normalized spacial score (nSPS) is 10.2. The van der Waals surface area contributed by atoms with Crippen LogP contribution in [0.1, 0.15) is 17.8 Å². The molecule has 0 radical (unpaired) electrons. The second-order valence-electron chi connectivity index (χ2n) is 5.00. The van der Waals surface area contributed by atoms with Crippen molar-refractivity contribution < 1.29 is 4.39 Å². The second-order valence-corrected chi connectivity index (χ2v) is 5.00. The standard InChI is InChI=1S/C18H15FN4/c1-14-18(15-8-10-16(19)11-9-15)22-23(21-14)13-5-3-7-17-6-2-4-12-20-17/h2,4,6,8-12H,5,13H2,1H3. The van der Waals surface area contributed by atoms with E-state index >= 15 is 0 Å². The Hall–Kier alpha value is -3.00. The molecule has 0 unspecified atom stereocenters. The summed E-state index contributed by atoms with van der Waals surface area (Å²) in [6.45, 7) is 2.49. The van der Waals surface area contributed by atoms with Gasteiger partial charge in [-0.15, -0.1) is 0 Å². The Labute approximate surface area is 134 Å². The van der Waals surface area contributed by atoms with Gasteiger partial charge in [0.15, 0.2) is 0 Å². The van der Waals surface area contributed by atoms with Crippen molar-refractivity contribution in [3.63, 3.8) is 0 Å². The molecule has 5 heteroatoms. The maximum absolute atomic E-state index is 13.0. The number of rotatable bonds is 3. The number of hydrogen-bond acceptors (Lipinski definition) is 3. The summed E-state index contributed by atoms with van der Waals surface area (Å²) in [6, 6.07) is 11.9. The van der Waals surface area contributed by atoms with Crippen LogP contribution in [0.2, 0.25) is 0 Å². The molecule has 0 saturated heterocycles. The van der Waals surface area contributed by atoms with Crippen LogP contribution < -0.4 is 0 Å². The van der Waals surface area contributed by atoms with Crippen molar-refractivity contribution in [1.29, 1.82) is 0 Å². The van der Waals surface area contributed by atoms with E-state index < -0.39 is 0 Å². The van der Waals surface area contributed by atoms with Crippen molar-refractivity contribution in [2.24, 2.45) is 0 Å². The number of aryl methyl sites for hydroxylation is 2. The van der Waals surface area contributed by atoms with Crippen LogP contribution in [0.3, 0.4) is 0 Å². The molecule has 0 aliphatic heterocycles. The summed E-state index contributed by atoms with van der Waals surface area (Å²) < 4.78 is 13.0. The van der Waals surface area contributed by atoms with Crippen LogP contribution in [0.25, 0.3) is 11.3 Å². The molecule has 0 aliphatic rings. The van der Waals surface area contributed by atoms with Crippen LogP contribution in [0.15, 0.2) is 48.7 Å². The van der Waals surface area contributed by atoms with Gasteiger partial charge in [-0.2, -0.15) is 15.0 Å². The SMILES string of the molecule is Cc1nn(CCC#Cc2ccccn2)nc1-c1ccc(F)cc1. The molecular formula is C18H15FN4. The van der Waals surface area contributed by atoms with Gasteiger partial charge in [0.25, 0.3) is 0 Å². The summed E-state index contributed by atoms with van der Waals surface area (Å²) >= 11 is 0. The highest BCUT2D eigenvalue weighted by molar-refractivity contribution is 5.60. The van der Waals surface area contributed by atoms with E-state index in [4.69, 9.17) is 0 Å². The number of hydrogen-bond donors (Lipinski definition) is 0. The molecule has 3 aromatic rings. The monoisotopic (exact) mass is 306 g/mol. The van der Waals surface area contributed by atoms with Gasteiger partial charge >= 0.3 is 0 Å². The lowest BCUT2D eigenvalue weighted by molar-refractivity contribution is 0.546. The van der Waals surface area contributed by atoms with E-state index in [0.717, 1.165) is 22.6 Å². The smallest absolute Gasteiger partial charge is 0.123 e. The summed E-state index contributed by atoms with van der Waals surface area (Å²) in [4.78, 5) is 5.77. The summed E-state index contributed by atoms with van der Waals surface area (Å²) in [6.07, 6.45) is 2.35. The molecule has 0 N–H and O–H groups in total. The van der Waals surface area contributed by atoms with E-state index in [9.17, 15) is 4.39 Å². The van der Waals surface area contributed by atoms with Crippen molar-refractivity contribution >= 4 is 0 Å². The molecule has 3 rings (SSSR count). The van der Waals surface area contributed by atoms with Gasteiger partial charge < -0.3 is 0 Å². The fourth-order valence-electron chi connectivity index (χ4n) is 2.15. The summed E-state index contributed by atoms with van der Waals surface area (Å²) in [7, 11) is 0. The fourth-order valence-corrected chi connectivity index (χ4v) is 2.15. The van der Waals surface area contributed by atoms with E-state index in [2.05, 4.69) is 27.0 Å². The lowest BCUT2D eigenvalue weighted by Gasteiger charge is -1.97. The predicted octanol–water partition coefficient (Wildman–Crippen LogP) is 3.23. The molecule has 0 saturated carbocycles. The molecule has 0 atom stereocenters. The Morgan fingerprint density at radius 2 is 1.91 bits per heavy atom. The lowest BCUT2D eigenvalue weighted by Crippen LogP contribution is -2.01. The molecule has 1 aromatic carbocycles. The zero-order valence-corrected chi connectivity index (χ0v) is 12.7. The molecule has 0 fully saturated rings. The third kappa shape index (κ3) is 3.80. The Kier molecular flexibility index (Phi) is 4.44. The second kappa shape index (κ2) is 6.84. The van der Waals surface area contributed by atoms with Gasteiger partial charge in [0, 0.05) is 18.2 Å². The average molecular weight is 306 g/mol. The molecule has 23 heavy (non-hydrogen) atoms. The quantitative estimate of drug-likeness (QED) is 0.698. The summed E-state index contributed by atoms with van der Waals surface area (Å²) in [5.41, 5.74) is 3.19. The van der Waals surface area contributed by atoms with Gasteiger partial charge in [0.05, 0.1) is 12.2 Å². The van der Waals surface area contributed by atoms with Crippen molar-refractivity contribution in [2.45, 2.75) is 19.9 Å². The summed E-state index contributed by atoms with van der Waals surface area (Å²) in [5, 5.41) is 8.84. The van der Waals surface area contributed by atoms with Crippen molar-refractivity contribution in [3.8, 4) is 23.1 Å². The van der Waals surface area contributed by atoms with Crippen molar-refractivity contribution in [3.05, 3.63) is 65.9 Å². The maximum atomic E-state index is 13.0. The predicted molar refractivity (Wildman–Crippen MR) is 85.9 cm³/mol. The Bertz CT molecular complexity index is 842. The molecule has 114 valence electrons. The Balaban J connectivity index is 1.67. The maximum Gasteiger partial charge on any atom is 0.123 e. The number of aromatic nitrogens is 4.